The van der Waals surface area contributed by atoms with E-state index in [1.165, 1.54) is 24.3 Å². The molecule has 0 unspecified atom stereocenters. The Morgan fingerprint density at radius 3 is 2.27 bits per heavy atom. The maximum atomic E-state index is 12.3. The van der Waals surface area contributed by atoms with E-state index in [-0.39, 0.29) is 16.5 Å². The predicted molar refractivity (Wildman–Crippen MR) is 86.3 cm³/mol. The summed E-state index contributed by atoms with van der Waals surface area (Å²) in [4.78, 5) is 22.3. The molecule has 22 heavy (non-hydrogen) atoms. The van der Waals surface area contributed by atoms with Crippen LogP contribution in [0.3, 0.4) is 0 Å². The van der Waals surface area contributed by atoms with Gasteiger partial charge in [0.1, 0.15) is 5.75 Å². The highest BCUT2D eigenvalue weighted by Crippen LogP contribution is 2.20. The van der Waals surface area contributed by atoms with Crippen LogP contribution in [0.15, 0.2) is 54.6 Å². The number of nitrogens with zero attached hydrogens (tertiary/aromatic N) is 1. The third-order valence-electron chi connectivity index (χ3n) is 3.07. The molecule has 0 heterocycles. The number of ether oxygens (including phenoxy) is 1. The molecule has 0 aromatic heterocycles. The van der Waals surface area contributed by atoms with Crippen molar-refractivity contribution in [1.29, 1.82) is 0 Å². The van der Waals surface area contributed by atoms with Crippen molar-refractivity contribution in [1.82, 2.24) is 0 Å². The number of hydrogen-bond acceptors (Lipinski definition) is 5. The van der Waals surface area contributed by atoms with Gasteiger partial charge in [-0.2, -0.15) is 0 Å². The fourth-order valence-corrected chi connectivity index (χ4v) is 2.00. The first-order valence-electron chi connectivity index (χ1n) is 6.54. The van der Waals surface area contributed by atoms with E-state index in [1.807, 2.05) is 6.07 Å². The van der Waals surface area contributed by atoms with E-state index in [4.69, 9.17) is 17.0 Å². The highest BCUT2D eigenvalue weighted by Gasteiger charge is 2.21. The molecule has 2 rings (SSSR count). The number of thiocarbonyl (C=S) groups is 1. The fraction of sp³-hybridized carbons (Fsp3) is 0.125. The molecule has 0 N–H and O–H groups in total. The topological polar surface area (TPSA) is 69.4 Å². The van der Waals surface area contributed by atoms with Crippen molar-refractivity contribution in [2.45, 2.75) is 6.92 Å². The van der Waals surface area contributed by atoms with Gasteiger partial charge in [-0.05, 0) is 31.3 Å². The summed E-state index contributed by atoms with van der Waals surface area (Å²) < 4.78 is 5.44. The van der Waals surface area contributed by atoms with Crippen LogP contribution in [-0.4, -0.2) is 15.8 Å². The van der Waals surface area contributed by atoms with Crippen molar-refractivity contribution in [3.63, 3.8) is 0 Å². The van der Waals surface area contributed by atoms with Crippen molar-refractivity contribution in [3.05, 3.63) is 70.3 Å². The van der Waals surface area contributed by atoms with Gasteiger partial charge in [0.15, 0.2) is 10.8 Å². The minimum absolute atomic E-state index is 0.0355. The fourth-order valence-electron chi connectivity index (χ4n) is 1.80. The number of Topliss-reactive ketones (excluding diaryl/α,β-unsaturated/α-hetero) is 1. The number of carbonyl (C=O) groups is 1. The number of nitro groups is 1. The summed E-state index contributed by atoms with van der Waals surface area (Å²) in [7, 11) is 0. The van der Waals surface area contributed by atoms with Crippen molar-refractivity contribution in [2.75, 3.05) is 0 Å². The summed E-state index contributed by atoms with van der Waals surface area (Å²) in [5.74, 6) is -0.358. The Bertz CT molecular complexity index is 698. The Balaban J connectivity index is 2.05. The van der Waals surface area contributed by atoms with E-state index in [9.17, 15) is 14.9 Å². The van der Waals surface area contributed by atoms with Gasteiger partial charge in [0.25, 0.3) is 5.69 Å². The van der Waals surface area contributed by atoms with Gasteiger partial charge in [-0.15, -0.1) is 0 Å². The van der Waals surface area contributed by atoms with Gasteiger partial charge < -0.3 is 4.74 Å². The molecule has 1 atom stereocenters. The third-order valence-corrected chi connectivity index (χ3v) is 3.51. The summed E-state index contributed by atoms with van der Waals surface area (Å²) in [6.45, 7) is 1.67. The molecule has 0 saturated heterocycles. The van der Waals surface area contributed by atoms with Crippen LogP contribution in [0.2, 0.25) is 0 Å². The number of carbonyl (C=O) groups excluding carboxylic acids is 1. The molecule has 0 saturated carbocycles. The lowest BCUT2D eigenvalue weighted by molar-refractivity contribution is -0.384. The van der Waals surface area contributed by atoms with Gasteiger partial charge in [-0.25, -0.2) is 0 Å². The Labute approximate surface area is 132 Å². The zero-order valence-corrected chi connectivity index (χ0v) is 12.6. The Kier molecular flexibility index (Phi) is 4.95. The molecule has 0 radical (unpaired) electrons. The van der Waals surface area contributed by atoms with E-state index in [0.717, 1.165) is 0 Å². The average molecular weight is 315 g/mol. The summed E-state index contributed by atoms with van der Waals surface area (Å²) >= 11 is 5.14. The number of hydrogen-bond donors (Lipinski definition) is 0. The molecule has 0 aliphatic rings. The van der Waals surface area contributed by atoms with Crippen LogP contribution in [0.25, 0.3) is 0 Å². The molecule has 0 spiro atoms. The summed E-state index contributed by atoms with van der Waals surface area (Å²) in [6.07, 6.45) is 0. The second-order valence-corrected chi connectivity index (χ2v) is 5.03. The smallest absolute Gasteiger partial charge is 0.269 e. The molecular weight excluding hydrogens is 302 g/mol. The van der Waals surface area contributed by atoms with Gasteiger partial charge in [0.05, 0.1) is 10.8 Å². The quantitative estimate of drug-likeness (QED) is 0.363. The summed E-state index contributed by atoms with van der Waals surface area (Å²) in [5, 5.41) is 10.7. The van der Waals surface area contributed by atoms with E-state index < -0.39 is 10.8 Å². The van der Waals surface area contributed by atoms with Gasteiger partial charge >= 0.3 is 0 Å². The molecule has 6 heteroatoms. The second kappa shape index (κ2) is 6.91. The SMILES string of the molecule is C[C@@H](C(=O)c1ccccc1)C(=S)Oc1ccc([N+](=O)[O-])cc1. The minimum atomic E-state index is -0.590. The van der Waals surface area contributed by atoms with E-state index in [0.29, 0.717) is 11.3 Å². The molecular formula is C16H13NO4S. The normalized spacial score (nSPS) is 11.5. The maximum Gasteiger partial charge on any atom is 0.269 e. The Hall–Kier alpha value is -2.60. The lowest BCUT2D eigenvalue weighted by atomic mass is 10.0. The standard InChI is InChI=1S/C16H13NO4S/c1-11(15(18)12-5-3-2-4-6-12)16(22)21-14-9-7-13(8-10-14)17(19)20/h2-11H,1H3/t11-/m0/s1. The summed E-state index contributed by atoms with van der Waals surface area (Å²) in [6, 6.07) is 14.4. The van der Waals surface area contributed by atoms with Crippen molar-refractivity contribution < 1.29 is 14.5 Å². The predicted octanol–water partition coefficient (Wildman–Crippen LogP) is 3.82. The average Bonchev–Trinajstić information content (AvgIpc) is 2.54. The molecule has 0 aliphatic heterocycles. The van der Waals surface area contributed by atoms with Crippen molar-refractivity contribution in [3.8, 4) is 5.75 Å². The Morgan fingerprint density at radius 2 is 1.73 bits per heavy atom. The van der Waals surface area contributed by atoms with Gasteiger partial charge in [-0.1, -0.05) is 30.3 Å². The lowest BCUT2D eigenvalue weighted by Gasteiger charge is -2.13. The molecule has 0 bridgehead atoms. The first-order valence-corrected chi connectivity index (χ1v) is 6.95. The van der Waals surface area contributed by atoms with Crippen LogP contribution in [0, 0.1) is 16.0 Å². The third kappa shape index (κ3) is 3.73. The highest BCUT2D eigenvalue weighted by atomic mass is 32.1. The van der Waals surface area contributed by atoms with E-state index >= 15 is 0 Å². The number of non-ortho nitro benzene ring substituents is 1. The number of ketones is 1. The van der Waals surface area contributed by atoms with Crippen LogP contribution >= 0.6 is 12.2 Å². The van der Waals surface area contributed by atoms with Crippen molar-refractivity contribution >= 4 is 28.7 Å². The monoisotopic (exact) mass is 315 g/mol. The zero-order chi connectivity index (χ0) is 16.1. The molecule has 0 amide bonds. The number of benzene rings is 2. The van der Waals surface area contributed by atoms with Gasteiger partial charge in [0, 0.05) is 17.7 Å². The number of rotatable bonds is 5. The minimum Gasteiger partial charge on any atom is -0.450 e. The van der Waals surface area contributed by atoms with Crippen LogP contribution in [0.5, 0.6) is 5.75 Å². The molecule has 5 nitrogen and oxygen atoms in total. The molecule has 0 fully saturated rings. The van der Waals surface area contributed by atoms with Crippen LogP contribution in [0.1, 0.15) is 17.3 Å². The number of nitro benzene ring substituents is 1. The molecule has 2 aromatic rings. The van der Waals surface area contributed by atoms with Gasteiger partial charge in [-0.3, -0.25) is 14.9 Å². The van der Waals surface area contributed by atoms with E-state index in [2.05, 4.69) is 0 Å². The van der Waals surface area contributed by atoms with Crippen LogP contribution in [0.4, 0.5) is 5.69 Å². The summed E-state index contributed by atoms with van der Waals surface area (Å²) in [5.41, 5.74) is 0.524. The maximum absolute atomic E-state index is 12.3. The van der Waals surface area contributed by atoms with Crippen LogP contribution in [-0.2, 0) is 0 Å². The molecule has 2 aromatic carbocycles. The Morgan fingerprint density at radius 1 is 1.14 bits per heavy atom. The van der Waals surface area contributed by atoms with Crippen molar-refractivity contribution in [2.24, 2.45) is 5.92 Å². The zero-order valence-electron chi connectivity index (χ0n) is 11.8. The largest absolute Gasteiger partial charge is 0.450 e. The first-order chi connectivity index (χ1) is 10.5. The highest BCUT2D eigenvalue weighted by molar-refractivity contribution is 7.80. The molecule has 0 aliphatic carbocycles. The van der Waals surface area contributed by atoms with E-state index in [1.54, 1.807) is 31.2 Å². The first kappa shape index (κ1) is 15.8. The van der Waals surface area contributed by atoms with Gasteiger partial charge in [0.2, 0.25) is 0 Å². The van der Waals surface area contributed by atoms with Crippen LogP contribution < -0.4 is 4.74 Å². The lowest BCUT2D eigenvalue weighted by Crippen LogP contribution is -2.24. The molecule has 112 valence electrons. The second-order valence-electron chi connectivity index (χ2n) is 4.62.